The molecule has 0 saturated carbocycles. The number of carbonyl (C=O) groups is 2. The number of thioether (sulfide) groups is 1. The standard InChI is InChI=1S/C19H18N2O4S/c22-15(13-3-5-16-17(9-13)25-12-24-16)11-26-18-6-4-14(10-20-18)19(23)21-7-1-2-8-21/h3-6,9-10H,1-2,7-8,11-12H2. The molecule has 1 aromatic heterocycles. The van der Waals surface area contributed by atoms with Crippen molar-refractivity contribution in [1.82, 2.24) is 9.88 Å². The maximum absolute atomic E-state index is 12.4. The lowest BCUT2D eigenvalue weighted by molar-refractivity contribution is 0.0792. The average molecular weight is 370 g/mol. The summed E-state index contributed by atoms with van der Waals surface area (Å²) >= 11 is 1.35. The predicted octanol–water partition coefficient (Wildman–Crippen LogP) is 3.02. The Labute approximate surface area is 155 Å². The van der Waals surface area contributed by atoms with Crippen molar-refractivity contribution in [3.05, 3.63) is 47.7 Å². The zero-order valence-corrected chi connectivity index (χ0v) is 15.0. The number of amides is 1. The van der Waals surface area contributed by atoms with E-state index in [1.54, 1.807) is 36.5 Å². The number of carbonyl (C=O) groups excluding carboxylic acids is 2. The average Bonchev–Trinajstić information content (AvgIpc) is 3.37. The topological polar surface area (TPSA) is 68.7 Å². The van der Waals surface area contributed by atoms with E-state index in [-0.39, 0.29) is 24.2 Å². The smallest absolute Gasteiger partial charge is 0.255 e. The van der Waals surface area contributed by atoms with Crippen LogP contribution in [0, 0.1) is 0 Å². The lowest BCUT2D eigenvalue weighted by Crippen LogP contribution is -2.27. The highest BCUT2D eigenvalue weighted by molar-refractivity contribution is 7.99. The first-order valence-corrected chi connectivity index (χ1v) is 9.50. The minimum Gasteiger partial charge on any atom is -0.454 e. The quantitative estimate of drug-likeness (QED) is 0.595. The fourth-order valence-corrected chi connectivity index (χ4v) is 3.72. The van der Waals surface area contributed by atoms with Gasteiger partial charge in [0.1, 0.15) is 0 Å². The molecule has 7 heteroatoms. The summed E-state index contributed by atoms with van der Waals surface area (Å²) in [6.45, 7) is 1.83. The van der Waals surface area contributed by atoms with Gasteiger partial charge in [0.25, 0.3) is 5.91 Å². The largest absolute Gasteiger partial charge is 0.454 e. The Balaban J connectivity index is 1.35. The molecule has 0 unspecified atom stereocenters. The molecule has 26 heavy (non-hydrogen) atoms. The Bertz CT molecular complexity index is 832. The lowest BCUT2D eigenvalue weighted by atomic mass is 10.1. The minimum absolute atomic E-state index is 0.00711. The fourth-order valence-electron chi connectivity index (χ4n) is 2.99. The zero-order chi connectivity index (χ0) is 17.9. The van der Waals surface area contributed by atoms with Gasteiger partial charge in [-0.2, -0.15) is 0 Å². The van der Waals surface area contributed by atoms with Crippen molar-refractivity contribution in [2.45, 2.75) is 17.9 Å². The molecule has 2 aromatic rings. The maximum Gasteiger partial charge on any atom is 0.255 e. The number of hydrogen-bond acceptors (Lipinski definition) is 6. The van der Waals surface area contributed by atoms with Crippen LogP contribution < -0.4 is 9.47 Å². The van der Waals surface area contributed by atoms with Crippen LogP contribution in [0.4, 0.5) is 0 Å². The van der Waals surface area contributed by atoms with Gasteiger partial charge in [0.05, 0.1) is 16.3 Å². The molecule has 0 radical (unpaired) electrons. The van der Waals surface area contributed by atoms with Crippen LogP contribution in [0.25, 0.3) is 0 Å². The summed E-state index contributed by atoms with van der Waals surface area (Å²) in [6.07, 6.45) is 3.72. The second kappa shape index (κ2) is 7.37. The van der Waals surface area contributed by atoms with Crippen LogP contribution >= 0.6 is 11.8 Å². The Hall–Kier alpha value is -2.54. The number of rotatable bonds is 5. The molecular formula is C19H18N2O4S. The van der Waals surface area contributed by atoms with E-state index in [0.717, 1.165) is 31.0 Å². The van der Waals surface area contributed by atoms with Crippen LogP contribution in [-0.2, 0) is 0 Å². The molecule has 0 aliphatic carbocycles. The number of nitrogens with zero attached hydrogens (tertiary/aromatic N) is 2. The van der Waals surface area contributed by atoms with Gasteiger partial charge < -0.3 is 14.4 Å². The molecule has 1 fully saturated rings. The number of hydrogen-bond donors (Lipinski definition) is 0. The summed E-state index contributed by atoms with van der Waals surface area (Å²) in [5.41, 5.74) is 1.18. The van der Waals surface area contributed by atoms with Crippen LogP contribution in [0.2, 0.25) is 0 Å². The fraction of sp³-hybridized carbons (Fsp3) is 0.316. The van der Waals surface area contributed by atoms with Gasteiger partial charge in [-0.05, 0) is 43.2 Å². The van der Waals surface area contributed by atoms with Crippen molar-refractivity contribution >= 4 is 23.5 Å². The number of likely N-dealkylation sites (tertiary alicyclic amines) is 1. The van der Waals surface area contributed by atoms with Gasteiger partial charge in [-0.1, -0.05) is 11.8 Å². The normalized spacial score (nSPS) is 15.3. The molecule has 0 bridgehead atoms. The van der Waals surface area contributed by atoms with E-state index in [2.05, 4.69) is 4.98 Å². The van der Waals surface area contributed by atoms with Gasteiger partial charge in [0.15, 0.2) is 17.3 Å². The number of benzene rings is 1. The first-order chi connectivity index (χ1) is 12.7. The lowest BCUT2D eigenvalue weighted by Gasteiger charge is -2.14. The molecule has 1 amide bonds. The maximum atomic E-state index is 12.4. The molecule has 4 rings (SSSR count). The van der Waals surface area contributed by atoms with Gasteiger partial charge in [-0.3, -0.25) is 9.59 Å². The molecule has 6 nitrogen and oxygen atoms in total. The van der Waals surface area contributed by atoms with Crippen LogP contribution in [0.5, 0.6) is 11.5 Å². The number of ether oxygens (including phenoxy) is 2. The van der Waals surface area contributed by atoms with Crippen LogP contribution in [0.3, 0.4) is 0 Å². The minimum atomic E-state index is -0.00711. The van der Waals surface area contributed by atoms with E-state index in [0.29, 0.717) is 22.6 Å². The number of pyridine rings is 1. The van der Waals surface area contributed by atoms with Crippen molar-refractivity contribution < 1.29 is 19.1 Å². The summed E-state index contributed by atoms with van der Waals surface area (Å²) in [7, 11) is 0. The second-order valence-electron chi connectivity index (χ2n) is 6.16. The highest BCUT2D eigenvalue weighted by atomic mass is 32.2. The third kappa shape index (κ3) is 3.53. The molecule has 2 aliphatic rings. The van der Waals surface area contributed by atoms with E-state index in [1.165, 1.54) is 11.8 Å². The molecule has 3 heterocycles. The Morgan fingerprint density at radius 1 is 1.04 bits per heavy atom. The summed E-state index contributed by atoms with van der Waals surface area (Å²) in [4.78, 5) is 30.8. The van der Waals surface area contributed by atoms with E-state index in [1.807, 2.05) is 4.90 Å². The van der Waals surface area contributed by atoms with Gasteiger partial charge in [0.2, 0.25) is 6.79 Å². The van der Waals surface area contributed by atoms with Crippen molar-refractivity contribution in [3.8, 4) is 11.5 Å². The summed E-state index contributed by atoms with van der Waals surface area (Å²) in [5, 5.41) is 0.720. The first-order valence-electron chi connectivity index (χ1n) is 8.52. The van der Waals surface area contributed by atoms with E-state index in [4.69, 9.17) is 9.47 Å². The molecule has 1 saturated heterocycles. The SMILES string of the molecule is O=C(CSc1ccc(C(=O)N2CCCC2)cn1)c1ccc2c(c1)OCO2. The molecule has 134 valence electrons. The Morgan fingerprint density at radius 3 is 2.58 bits per heavy atom. The van der Waals surface area contributed by atoms with Crippen molar-refractivity contribution in [3.63, 3.8) is 0 Å². The van der Waals surface area contributed by atoms with Crippen LogP contribution in [0.15, 0.2) is 41.6 Å². The van der Waals surface area contributed by atoms with E-state index >= 15 is 0 Å². The second-order valence-corrected chi connectivity index (χ2v) is 7.16. The summed E-state index contributed by atoms with van der Waals surface area (Å²) in [6, 6.07) is 8.76. The van der Waals surface area contributed by atoms with Crippen LogP contribution in [-0.4, -0.2) is 47.2 Å². The third-order valence-electron chi connectivity index (χ3n) is 4.42. The molecule has 0 spiro atoms. The van der Waals surface area contributed by atoms with Gasteiger partial charge >= 0.3 is 0 Å². The highest BCUT2D eigenvalue weighted by Crippen LogP contribution is 2.33. The van der Waals surface area contributed by atoms with E-state index in [9.17, 15) is 9.59 Å². The molecule has 2 aliphatic heterocycles. The zero-order valence-electron chi connectivity index (χ0n) is 14.1. The number of fused-ring (bicyclic) bond motifs is 1. The van der Waals surface area contributed by atoms with Gasteiger partial charge in [-0.15, -0.1) is 0 Å². The highest BCUT2D eigenvalue weighted by Gasteiger charge is 2.20. The van der Waals surface area contributed by atoms with E-state index < -0.39 is 0 Å². The Morgan fingerprint density at radius 2 is 1.81 bits per heavy atom. The van der Waals surface area contributed by atoms with Gasteiger partial charge in [0, 0.05) is 24.8 Å². The van der Waals surface area contributed by atoms with Crippen molar-refractivity contribution in [2.24, 2.45) is 0 Å². The molecule has 1 aromatic carbocycles. The monoisotopic (exact) mass is 370 g/mol. The van der Waals surface area contributed by atoms with Crippen LogP contribution in [0.1, 0.15) is 33.6 Å². The summed E-state index contributed by atoms with van der Waals surface area (Å²) in [5.74, 6) is 1.56. The van der Waals surface area contributed by atoms with Crippen molar-refractivity contribution in [2.75, 3.05) is 25.6 Å². The third-order valence-corrected chi connectivity index (χ3v) is 5.37. The van der Waals surface area contributed by atoms with Crippen molar-refractivity contribution in [1.29, 1.82) is 0 Å². The number of Topliss-reactive ketones (excluding diaryl/α,β-unsaturated/α-hetero) is 1. The molecular weight excluding hydrogens is 352 g/mol. The number of ketones is 1. The predicted molar refractivity (Wildman–Crippen MR) is 97.0 cm³/mol. The number of aromatic nitrogens is 1. The summed E-state index contributed by atoms with van der Waals surface area (Å²) < 4.78 is 10.6. The molecule has 0 atom stereocenters. The Kier molecular flexibility index (Phi) is 4.79. The molecule has 0 N–H and O–H groups in total. The first kappa shape index (κ1) is 16.9. The van der Waals surface area contributed by atoms with Gasteiger partial charge in [-0.25, -0.2) is 4.98 Å².